The molecular formula is C15H9F3N4O2. The van der Waals surface area contributed by atoms with E-state index in [1.54, 1.807) is 0 Å². The van der Waals surface area contributed by atoms with Crippen molar-refractivity contribution in [1.82, 2.24) is 20.2 Å². The highest BCUT2D eigenvalue weighted by molar-refractivity contribution is 5.55. The Bertz CT molecular complexity index is 887. The van der Waals surface area contributed by atoms with Gasteiger partial charge in [-0.05, 0) is 24.3 Å². The summed E-state index contributed by atoms with van der Waals surface area (Å²) in [6.45, 7) is 0. The second kappa shape index (κ2) is 6.11. The van der Waals surface area contributed by atoms with Crippen molar-refractivity contribution in [3.8, 4) is 23.0 Å². The fourth-order valence-electron chi connectivity index (χ4n) is 1.85. The van der Waals surface area contributed by atoms with E-state index in [0.29, 0.717) is 11.3 Å². The third-order valence-electron chi connectivity index (χ3n) is 2.97. The molecule has 0 spiro atoms. The molecule has 0 amide bonds. The Labute approximate surface area is 133 Å². The molecule has 0 saturated heterocycles. The van der Waals surface area contributed by atoms with E-state index in [4.69, 9.17) is 4.74 Å². The molecule has 0 aliphatic carbocycles. The predicted octanol–water partition coefficient (Wildman–Crippen LogP) is 3.04. The highest BCUT2D eigenvalue weighted by Gasteiger charge is 2.30. The summed E-state index contributed by atoms with van der Waals surface area (Å²) in [5, 5.41) is 6.09. The van der Waals surface area contributed by atoms with Gasteiger partial charge < -0.3 is 4.74 Å². The maximum absolute atomic E-state index is 12.7. The molecule has 24 heavy (non-hydrogen) atoms. The Balaban J connectivity index is 1.79. The lowest BCUT2D eigenvalue weighted by molar-refractivity contribution is -0.137. The molecule has 9 heteroatoms. The van der Waals surface area contributed by atoms with Crippen molar-refractivity contribution in [2.24, 2.45) is 0 Å². The number of rotatable bonds is 3. The van der Waals surface area contributed by atoms with Gasteiger partial charge in [-0.25, -0.2) is 15.1 Å². The van der Waals surface area contributed by atoms with E-state index in [2.05, 4.69) is 20.2 Å². The minimum Gasteiger partial charge on any atom is -0.424 e. The summed E-state index contributed by atoms with van der Waals surface area (Å²) in [5.74, 6) is -0.0280. The van der Waals surface area contributed by atoms with Gasteiger partial charge in [0.2, 0.25) is 0 Å². The average molecular weight is 334 g/mol. The number of aromatic amines is 1. The van der Waals surface area contributed by atoms with Gasteiger partial charge in [0.15, 0.2) is 0 Å². The maximum atomic E-state index is 12.7. The standard InChI is InChI=1S/C15H9F3N4O2/c16-15(17,18)10-2-1-3-11(6-10)24-14-19-7-9(8-20-14)12-4-5-13(23)22-21-12/h1-8H,(H,22,23). The van der Waals surface area contributed by atoms with Crippen LogP contribution in [0.2, 0.25) is 0 Å². The predicted molar refractivity (Wildman–Crippen MR) is 77.4 cm³/mol. The molecule has 1 aromatic carbocycles. The molecule has 3 rings (SSSR count). The smallest absolute Gasteiger partial charge is 0.416 e. The number of aromatic nitrogens is 4. The van der Waals surface area contributed by atoms with Crippen LogP contribution in [0.15, 0.2) is 53.6 Å². The number of H-pyrrole nitrogens is 1. The molecule has 3 aromatic rings. The normalized spacial score (nSPS) is 11.3. The molecule has 1 N–H and O–H groups in total. The van der Waals surface area contributed by atoms with Crippen molar-refractivity contribution in [2.75, 3.05) is 0 Å². The minimum absolute atomic E-state index is 0.0280. The Morgan fingerprint density at radius 1 is 1.04 bits per heavy atom. The fraction of sp³-hybridized carbons (Fsp3) is 0.0667. The van der Waals surface area contributed by atoms with E-state index in [-0.39, 0.29) is 17.3 Å². The van der Waals surface area contributed by atoms with E-state index >= 15 is 0 Å². The van der Waals surface area contributed by atoms with Crippen LogP contribution in [-0.2, 0) is 6.18 Å². The Kier molecular flexibility index (Phi) is 3.98. The van der Waals surface area contributed by atoms with Crippen LogP contribution in [0.5, 0.6) is 11.8 Å². The van der Waals surface area contributed by atoms with E-state index in [0.717, 1.165) is 12.1 Å². The molecule has 6 nitrogen and oxygen atoms in total. The average Bonchev–Trinajstić information content (AvgIpc) is 2.56. The first-order valence-electron chi connectivity index (χ1n) is 6.65. The molecule has 0 aliphatic rings. The van der Waals surface area contributed by atoms with Gasteiger partial charge in [-0.15, -0.1) is 0 Å². The van der Waals surface area contributed by atoms with Gasteiger partial charge in [0.25, 0.3) is 5.56 Å². The summed E-state index contributed by atoms with van der Waals surface area (Å²) in [6, 6.07) is 7.09. The third-order valence-corrected chi connectivity index (χ3v) is 2.97. The number of ether oxygens (including phenoxy) is 1. The molecule has 0 saturated carbocycles. The third kappa shape index (κ3) is 3.57. The molecule has 0 radical (unpaired) electrons. The van der Waals surface area contributed by atoms with Crippen LogP contribution in [0.1, 0.15) is 5.56 Å². The van der Waals surface area contributed by atoms with E-state index in [9.17, 15) is 18.0 Å². The van der Waals surface area contributed by atoms with Gasteiger partial charge in [0.1, 0.15) is 5.75 Å². The number of benzene rings is 1. The second-order valence-electron chi connectivity index (χ2n) is 4.69. The van der Waals surface area contributed by atoms with Crippen LogP contribution in [0.4, 0.5) is 13.2 Å². The summed E-state index contributed by atoms with van der Waals surface area (Å²) in [4.78, 5) is 18.8. The van der Waals surface area contributed by atoms with E-state index in [1.807, 2.05) is 0 Å². The molecule has 0 unspecified atom stereocenters. The fourth-order valence-corrected chi connectivity index (χ4v) is 1.85. The molecule has 2 heterocycles. The second-order valence-corrected chi connectivity index (χ2v) is 4.69. The number of hydrogen-bond acceptors (Lipinski definition) is 5. The van der Waals surface area contributed by atoms with Gasteiger partial charge in [0, 0.05) is 24.0 Å². The Hall–Kier alpha value is -3.23. The Morgan fingerprint density at radius 2 is 1.79 bits per heavy atom. The maximum Gasteiger partial charge on any atom is 0.416 e. The minimum atomic E-state index is -4.46. The largest absolute Gasteiger partial charge is 0.424 e. The number of alkyl halides is 3. The van der Waals surface area contributed by atoms with Gasteiger partial charge in [-0.2, -0.15) is 18.3 Å². The van der Waals surface area contributed by atoms with Crippen molar-refractivity contribution in [1.29, 1.82) is 0 Å². The van der Waals surface area contributed by atoms with Crippen molar-refractivity contribution < 1.29 is 17.9 Å². The summed E-state index contributed by atoms with van der Waals surface area (Å²) >= 11 is 0. The Morgan fingerprint density at radius 3 is 2.42 bits per heavy atom. The van der Waals surface area contributed by atoms with Crippen LogP contribution < -0.4 is 10.3 Å². The lowest BCUT2D eigenvalue weighted by Gasteiger charge is -2.09. The van der Waals surface area contributed by atoms with Crippen molar-refractivity contribution in [3.63, 3.8) is 0 Å². The van der Waals surface area contributed by atoms with Crippen LogP contribution in [-0.4, -0.2) is 20.2 Å². The quantitative estimate of drug-likeness (QED) is 0.796. The van der Waals surface area contributed by atoms with Gasteiger partial charge in [-0.3, -0.25) is 4.79 Å². The zero-order valence-corrected chi connectivity index (χ0v) is 11.9. The summed E-state index contributed by atoms with van der Waals surface area (Å²) in [7, 11) is 0. The van der Waals surface area contributed by atoms with Crippen LogP contribution in [0.25, 0.3) is 11.3 Å². The van der Waals surface area contributed by atoms with Crippen LogP contribution in [0.3, 0.4) is 0 Å². The molecule has 0 fully saturated rings. The highest BCUT2D eigenvalue weighted by atomic mass is 19.4. The van der Waals surface area contributed by atoms with Crippen molar-refractivity contribution >= 4 is 0 Å². The van der Waals surface area contributed by atoms with Crippen LogP contribution in [0, 0.1) is 0 Å². The number of nitrogens with one attached hydrogen (secondary N) is 1. The van der Waals surface area contributed by atoms with Crippen LogP contribution >= 0.6 is 0 Å². The number of hydrogen-bond donors (Lipinski definition) is 1. The van der Waals surface area contributed by atoms with Gasteiger partial charge in [-0.1, -0.05) is 6.07 Å². The first kappa shape index (κ1) is 15.7. The molecule has 0 aliphatic heterocycles. The zero-order chi connectivity index (χ0) is 17.2. The lowest BCUT2D eigenvalue weighted by atomic mass is 10.2. The number of halogens is 3. The SMILES string of the molecule is O=c1ccc(-c2cnc(Oc3cccc(C(F)(F)F)c3)nc2)n[nH]1. The topological polar surface area (TPSA) is 80.8 Å². The monoisotopic (exact) mass is 334 g/mol. The van der Waals surface area contributed by atoms with Crippen molar-refractivity contribution in [3.05, 3.63) is 64.7 Å². The van der Waals surface area contributed by atoms with E-state index < -0.39 is 11.7 Å². The lowest BCUT2D eigenvalue weighted by Crippen LogP contribution is -2.06. The van der Waals surface area contributed by atoms with Gasteiger partial charge >= 0.3 is 12.2 Å². The van der Waals surface area contributed by atoms with E-state index in [1.165, 1.54) is 36.7 Å². The molecular weight excluding hydrogens is 325 g/mol. The summed E-state index contributed by atoms with van der Waals surface area (Å²) in [6.07, 6.45) is -1.69. The van der Waals surface area contributed by atoms with Gasteiger partial charge in [0.05, 0.1) is 11.3 Å². The molecule has 0 bridgehead atoms. The molecule has 2 aromatic heterocycles. The first-order chi connectivity index (χ1) is 11.4. The molecule has 0 atom stereocenters. The number of nitrogens with zero attached hydrogens (tertiary/aromatic N) is 3. The summed E-state index contributed by atoms with van der Waals surface area (Å²) in [5.41, 5.74) is -0.207. The first-order valence-corrected chi connectivity index (χ1v) is 6.65. The molecule has 122 valence electrons. The van der Waals surface area contributed by atoms with Crippen molar-refractivity contribution in [2.45, 2.75) is 6.18 Å². The zero-order valence-electron chi connectivity index (χ0n) is 11.9. The summed E-state index contributed by atoms with van der Waals surface area (Å²) < 4.78 is 43.2. The highest BCUT2D eigenvalue weighted by Crippen LogP contribution is 2.32.